The molecule has 4 aliphatic rings. The van der Waals surface area contributed by atoms with Crippen molar-refractivity contribution in [2.24, 2.45) is 29.6 Å². The summed E-state index contributed by atoms with van der Waals surface area (Å²) in [6.07, 6.45) is 8.52. The predicted octanol–water partition coefficient (Wildman–Crippen LogP) is 4.00. The first-order chi connectivity index (χ1) is 9.69. The second kappa shape index (κ2) is 4.61. The Morgan fingerprint density at radius 3 is 2.00 bits per heavy atom. The Morgan fingerprint density at radius 2 is 1.50 bits per heavy atom. The maximum absolute atomic E-state index is 10.9. The van der Waals surface area contributed by atoms with Crippen LogP contribution in [-0.2, 0) is 6.42 Å². The van der Waals surface area contributed by atoms with Gasteiger partial charge in [0.1, 0.15) is 0 Å². The minimum Gasteiger partial charge on any atom is -0.478 e. The molecule has 4 saturated carbocycles. The van der Waals surface area contributed by atoms with Crippen LogP contribution >= 0.6 is 0 Å². The summed E-state index contributed by atoms with van der Waals surface area (Å²) in [4.78, 5) is 10.9. The highest BCUT2D eigenvalue weighted by Crippen LogP contribution is 2.57. The van der Waals surface area contributed by atoms with Crippen molar-refractivity contribution in [2.45, 2.75) is 38.5 Å². The molecule has 0 aromatic heterocycles. The Bertz CT molecular complexity index is 489. The fourth-order valence-corrected chi connectivity index (χ4v) is 5.43. The van der Waals surface area contributed by atoms with Gasteiger partial charge in [-0.3, -0.25) is 0 Å². The van der Waals surface area contributed by atoms with Gasteiger partial charge in [-0.2, -0.15) is 0 Å². The van der Waals surface area contributed by atoms with E-state index in [0.717, 1.165) is 36.0 Å². The molecule has 0 spiro atoms. The largest absolute Gasteiger partial charge is 0.478 e. The third-order valence-corrected chi connectivity index (χ3v) is 6.09. The molecule has 4 fully saturated rings. The van der Waals surface area contributed by atoms with Gasteiger partial charge in [0.05, 0.1) is 5.56 Å². The van der Waals surface area contributed by atoms with Gasteiger partial charge in [-0.1, -0.05) is 12.1 Å². The first-order valence-corrected chi connectivity index (χ1v) is 8.01. The molecule has 0 atom stereocenters. The molecule has 0 unspecified atom stereocenters. The SMILES string of the molecule is O=C(O)c1ccc(CC2C3CC4CC(C3)CC2C4)cc1. The highest BCUT2D eigenvalue weighted by atomic mass is 16.4. The zero-order valence-corrected chi connectivity index (χ0v) is 11.8. The summed E-state index contributed by atoms with van der Waals surface area (Å²) in [6.45, 7) is 0. The molecule has 106 valence electrons. The lowest BCUT2D eigenvalue weighted by atomic mass is 9.51. The van der Waals surface area contributed by atoms with Crippen molar-refractivity contribution in [2.75, 3.05) is 0 Å². The molecule has 0 amide bonds. The van der Waals surface area contributed by atoms with E-state index in [-0.39, 0.29) is 0 Å². The van der Waals surface area contributed by atoms with Crippen molar-refractivity contribution in [1.82, 2.24) is 0 Å². The number of hydrogen-bond donors (Lipinski definition) is 1. The minimum atomic E-state index is -0.828. The lowest BCUT2D eigenvalue weighted by molar-refractivity contribution is -0.0360. The molecule has 2 heteroatoms. The topological polar surface area (TPSA) is 37.3 Å². The molecule has 20 heavy (non-hydrogen) atoms. The van der Waals surface area contributed by atoms with Crippen molar-refractivity contribution >= 4 is 5.97 Å². The van der Waals surface area contributed by atoms with Gasteiger partial charge in [0.15, 0.2) is 0 Å². The average molecular weight is 270 g/mol. The molecule has 4 aliphatic carbocycles. The van der Waals surface area contributed by atoms with E-state index in [1.807, 2.05) is 12.1 Å². The van der Waals surface area contributed by atoms with Gasteiger partial charge in [0.2, 0.25) is 0 Å². The summed E-state index contributed by atoms with van der Waals surface area (Å²) in [5, 5.41) is 8.96. The highest BCUT2D eigenvalue weighted by Gasteiger charge is 2.47. The van der Waals surface area contributed by atoms with Gasteiger partial charge in [-0.25, -0.2) is 4.79 Å². The monoisotopic (exact) mass is 270 g/mol. The summed E-state index contributed by atoms with van der Waals surface area (Å²) in [5.74, 6) is 3.99. The molecule has 0 radical (unpaired) electrons. The Hall–Kier alpha value is -1.31. The molecular weight excluding hydrogens is 248 g/mol. The van der Waals surface area contributed by atoms with Gasteiger partial charge in [-0.15, -0.1) is 0 Å². The maximum atomic E-state index is 10.9. The van der Waals surface area contributed by atoms with Crippen molar-refractivity contribution in [3.8, 4) is 0 Å². The van der Waals surface area contributed by atoms with Gasteiger partial charge in [0, 0.05) is 0 Å². The Balaban J connectivity index is 1.50. The van der Waals surface area contributed by atoms with Crippen molar-refractivity contribution in [3.63, 3.8) is 0 Å². The van der Waals surface area contributed by atoms with Crippen LogP contribution in [0.4, 0.5) is 0 Å². The standard InChI is InChI=1S/C18H22O2/c19-18(20)14-3-1-11(2-4-14)10-17-15-6-12-5-13(8-15)9-16(17)7-12/h1-4,12-13,15-17H,5-10H2,(H,19,20). The van der Waals surface area contributed by atoms with E-state index >= 15 is 0 Å². The molecule has 0 heterocycles. The van der Waals surface area contributed by atoms with Crippen LogP contribution in [0, 0.1) is 29.6 Å². The summed E-state index contributed by atoms with van der Waals surface area (Å²) in [5.41, 5.74) is 1.73. The Kier molecular flexibility index (Phi) is 2.87. The lowest BCUT2D eigenvalue weighted by Crippen LogP contribution is -2.45. The number of hydrogen-bond acceptors (Lipinski definition) is 1. The number of aromatic carboxylic acids is 1. The number of benzene rings is 1. The van der Waals surface area contributed by atoms with Crippen LogP contribution in [0.5, 0.6) is 0 Å². The van der Waals surface area contributed by atoms with Crippen LogP contribution in [0.3, 0.4) is 0 Å². The van der Waals surface area contributed by atoms with E-state index < -0.39 is 5.97 Å². The van der Waals surface area contributed by atoms with Gasteiger partial charge < -0.3 is 5.11 Å². The van der Waals surface area contributed by atoms with Crippen molar-refractivity contribution in [1.29, 1.82) is 0 Å². The summed E-state index contributed by atoms with van der Waals surface area (Å²) in [7, 11) is 0. The Morgan fingerprint density at radius 1 is 0.950 bits per heavy atom. The quantitative estimate of drug-likeness (QED) is 0.901. The number of carbonyl (C=O) groups is 1. The first kappa shape index (κ1) is 12.4. The summed E-state index contributed by atoms with van der Waals surface area (Å²) in [6, 6.07) is 7.56. The zero-order valence-electron chi connectivity index (χ0n) is 11.8. The molecule has 4 bridgehead atoms. The smallest absolute Gasteiger partial charge is 0.335 e. The van der Waals surface area contributed by atoms with Crippen LogP contribution in [-0.4, -0.2) is 11.1 Å². The number of carboxylic acid groups (broad SMARTS) is 1. The molecule has 0 aliphatic heterocycles. The predicted molar refractivity (Wildman–Crippen MR) is 77.6 cm³/mol. The maximum Gasteiger partial charge on any atom is 0.335 e. The van der Waals surface area contributed by atoms with Crippen LogP contribution in [0.2, 0.25) is 0 Å². The first-order valence-electron chi connectivity index (χ1n) is 8.01. The molecule has 0 saturated heterocycles. The normalized spacial score (nSPS) is 38.1. The molecule has 1 N–H and O–H groups in total. The van der Waals surface area contributed by atoms with Crippen molar-refractivity contribution in [3.05, 3.63) is 35.4 Å². The van der Waals surface area contributed by atoms with Gasteiger partial charge >= 0.3 is 5.97 Å². The minimum absolute atomic E-state index is 0.402. The second-order valence-electron chi connectivity index (χ2n) is 7.30. The van der Waals surface area contributed by atoms with Crippen LogP contribution < -0.4 is 0 Å². The zero-order chi connectivity index (χ0) is 13.7. The average Bonchev–Trinajstić information content (AvgIpc) is 2.42. The van der Waals surface area contributed by atoms with Crippen molar-refractivity contribution < 1.29 is 9.90 Å². The third-order valence-electron chi connectivity index (χ3n) is 6.09. The van der Waals surface area contributed by atoms with E-state index in [1.165, 1.54) is 37.7 Å². The summed E-state index contributed by atoms with van der Waals surface area (Å²) < 4.78 is 0. The van der Waals surface area contributed by atoms with Crippen LogP contribution in [0.15, 0.2) is 24.3 Å². The van der Waals surface area contributed by atoms with E-state index in [2.05, 4.69) is 0 Å². The van der Waals surface area contributed by atoms with E-state index in [4.69, 9.17) is 5.11 Å². The highest BCUT2D eigenvalue weighted by molar-refractivity contribution is 5.87. The molecule has 1 aromatic rings. The number of carboxylic acids is 1. The molecule has 1 aromatic carbocycles. The molecule has 2 nitrogen and oxygen atoms in total. The number of rotatable bonds is 3. The molecular formula is C18H22O2. The second-order valence-corrected chi connectivity index (χ2v) is 7.30. The fourth-order valence-electron chi connectivity index (χ4n) is 5.43. The van der Waals surface area contributed by atoms with E-state index in [1.54, 1.807) is 12.1 Å². The van der Waals surface area contributed by atoms with Gasteiger partial charge in [-0.05, 0) is 85.8 Å². The fraction of sp³-hybridized carbons (Fsp3) is 0.611. The van der Waals surface area contributed by atoms with Gasteiger partial charge in [0.25, 0.3) is 0 Å². The molecule has 5 rings (SSSR count). The van der Waals surface area contributed by atoms with Crippen LogP contribution in [0.1, 0.15) is 48.0 Å². The lowest BCUT2D eigenvalue weighted by Gasteiger charge is -2.54. The Labute approximate surface area is 120 Å². The van der Waals surface area contributed by atoms with Crippen LogP contribution in [0.25, 0.3) is 0 Å². The van der Waals surface area contributed by atoms with E-state index in [9.17, 15) is 4.79 Å². The third kappa shape index (κ3) is 2.06. The van der Waals surface area contributed by atoms with E-state index in [0.29, 0.717) is 5.56 Å². The summed E-state index contributed by atoms with van der Waals surface area (Å²) >= 11 is 0.